The quantitative estimate of drug-likeness (QED) is 0.800. The van der Waals surface area contributed by atoms with Gasteiger partial charge in [-0.3, -0.25) is 4.79 Å². The molecule has 0 radical (unpaired) electrons. The van der Waals surface area contributed by atoms with Crippen molar-refractivity contribution < 1.29 is 9.53 Å². The highest BCUT2D eigenvalue weighted by molar-refractivity contribution is 5.98. The zero-order valence-electron chi connectivity index (χ0n) is 10.6. The number of hydrogen-bond donors (Lipinski definition) is 0. The number of nitrogens with zero attached hydrogens (tertiary/aromatic N) is 1. The molecule has 1 aromatic rings. The molecular formula is C14H19NO2. The third kappa shape index (κ3) is 2.20. The minimum atomic E-state index is -0.211. The van der Waals surface area contributed by atoms with Crippen molar-refractivity contribution in [3.8, 4) is 0 Å². The van der Waals surface area contributed by atoms with Crippen LogP contribution in [0, 0.1) is 5.92 Å². The van der Waals surface area contributed by atoms with Gasteiger partial charge in [0.25, 0.3) is 5.91 Å². The molecule has 2 rings (SSSR count). The molecule has 3 heteroatoms. The van der Waals surface area contributed by atoms with Crippen molar-refractivity contribution in [2.24, 2.45) is 5.92 Å². The normalized spacial score (nSPS) is 18.9. The second-order valence-electron chi connectivity index (χ2n) is 4.86. The van der Waals surface area contributed by atoms with Gasteiger partial charge in [-0.15, -0.1) is 0 Å². The summed E-state index contributed by atoms with van der Waals surface area (Å²) in [5.41, 5.74) is 1.77. The van der Waals surface area contributed by atoms with E-state index >= 15 is 0 Å². The molecule has 0 unspecified atom stereocenters. The van der Waals surface area contributed by atoms with Gasteiger partial charge in [0.1, 0.15) is 0 Å². The van der Waals surface area contributed by atoms with E-state index in [0.717, 1.165) is 24.1 Å². The van der Waals surface area contributed by atoms with Crippen molar-refractivity contribution in [3.05, 3.63) is 35.4 Å². The molecule has 0 aliphatic carbocycles. The summed E-state index contributed by atoms with van der Waals surface area (Å²) in [6, 6.07) is 7.69. The Bertz CT molecular complexity index is 414. The molecule has 92 valence electrons. The van der Waals surface area contributed by atoms with Crippen LogP contribution >= 0.6 is 0 Å². The lowest BCUT2D eigenvalue weighted by atomic mass is 10.1. The van der Waals surface area contributed by atoms with Crippen LogP contribution in [0.5, 0.6) is 0 Å². The number of carbonyl (C=O) groups is 1. The van der Waals surface area contributed by atoms with Gasteiger partial charge in [-0.05, 0) is 18.4 Å². The first-order valence-electron chi connectivity index (χ1n) is 6.08. The topological polar surface area (TPSA) is 29.5 Å². The largest absolute Gasteiger partial charge is 0.357 e. The van der Waals surface area contributed by atoms with Gasteiger partial charge in [0, 0.05) is 24.8 Å². The minimum Gasteiger partial charge on any atom is -0.357 e. The average Bonchev–Trinajstić information content (AvgIpc) is 2.60. The van der Waals surface area contributed by atoms with Gasteiger partial charge in [0.2, 0.25) is 0 Å². The van der Waals surface area contributed by atoms with Gasteiger partial charge in [-0.2, -0.15) is 0 Å². The third-order valence-electron chi connectivity index (χ3n) is 3.17. The number of benzene rings is 1. The minimum absolute atomic E-state index is 0.0908. The molecule has 0 saturated heterocycles. The van der Waals surface area contributed by atoms with Crippen molar-refractivity contribution in [3.63, 3.8) is 0 Å². The molecule has 1 amide bonds. The standard InChI is InChI=1S/C14H19NO2/c1-10(2)8-9-15-13(16)11-6-4-5-7-12(11)14(15)17-3/h4-7,10,14H,8-9H2,1-3H3/t14-/m1/s1. The van der Waals surface area contributed by atoms with E-state index in [1.165, 1.54) is 0 Å². The van der Waals surface area contributed by atoms with E-state index in [1.807, 2.05) is 29.2 Å². The molecule has 0 aromatic heterocycles. The van der Waals surface area contributed by atoms with Crippen molar-refractivity contribution in [2.75, 3.05) is 13.7 Å². The van der Waals surface area contributed by atoms with Crippen LogP contribution in [0.4, 0.5) is 0 Å². The Morgan fingerprint density at radius 2 is 2.06 bits per heavy atom. The molecule has 1 atom stereocenters. The van der Waals surface area contributed by atoms with Crippen LogP contribution in [0.2, 0.25) is 0 Å². The molecule has 0 saturated carbocycles. The number of rotatable bonds is 4. The van der Waals surface area contributed by atoms with Crippen molar-refractivity contribution in [1.82, 2.24) is 4.90 Å². The Hall–Kier alpha value is -1.35. The van der Waals surface area contributed by atoms with Crippen LogP contribution in [0.1, 0.15) is 42.4 Å². The molecule has 0 bridgehead atoms. The summed E-state index contributed by atoms with van der Waals surface area (Å²) < 4.78 is 5.46. The Morgan fingerprint density at radius 1 is 1.35 bits per heavy atom. The highest BCUT2D eigenvalue weighted by Crippen LogP contribution is 2.34. The van der Waals surface area contributed by atoms with Crippen LogP contribution < -0.4 is 0 Å². The van der Waals surface area contributed by atoms with Crippen LogP contribution in [0.15, 0.2) is 24.3 Å². The van der Waals surface area contributed by atoms with Gasteiger partial charge >= 0.3 is 0 Å². The molecule has 0 fully saturated rings. The second-order valence-corrected chi connectivity index (χ2v) is 4.86. The fraction of sp³-hybridized carbons (Fsp3) is 0.500. The summed E-state index contributed by atoms with van der Waals surface area (Å²) in [7, 11) is 1.66. The smallest absolute Gasteiger partial charge is 0.256 e. The third-order valence-corrected chi connectivity index (χ3v) is 3.17. The van der Waals surface area contributed by atoms with E-state index in [0.29, 0.717) is 5.92 Å². The Balaban J connectivity index is 2.23. The van der Waals surface area contributed by atoms with E-state index in [-0.39, 0.29) is 12.1 Å². The average molecular weight is 233 g/mol. The summed E-state index contributed by atoms with van der Waals surface area (Å²) in [5.74, 6) is 0.678. The summed E-state index contributed by atoms with van der Waals surface area (Å²) in [4.78, 5) is 14.0. The monoisotopic (exact) mass is 233 g/mol. The molecule has 1 aliphatic rings. The van der Waals surface area contributed by atoms with E-state index < -0.39 is 0 Å². The predicted octanol–water partition coefficient (Wildman–Crippen LogP) is 2.83. The summed E-state index contributed by atoms with van der Waals surface area (Å²) in [5, 5.41) is 0. The van der Waals surface area contributed by atoms with E-state index in [1.54, 1.807) is 7.11 Å². The van der Waals surface area contributed by atoms with Crippen molar-refractivity contribution in [2.45, 2.75) is 26.5 Å². The van der Waals surface area contributed by atoms with Gasteiger partial charge < -0.3 is 9.64 Å². The lowest BCUT2D eigenvalue weighted by molar-refractivity contribution is -0.0139. The maximum atomic E-state index is 12.2. The number of methoxy groups -OCH3 is 1. The number of amides is 1. The molecule has 1 heterocycles. The molecule has 0 spiro atoms. The molecule has 17 heavy (non-hydrogen) atoms. The Kier molecular flexibility index (Phi) is 3.48. The van der Waals surface area contributed by atoms with Gasteiger partial charge in [0.15, 0.2) is 6.23 Å². The zero-order valence-corrected chi connectivity index (χ0v) is 10.6. The van der Waals surface area contributed by atoms with Crippen LogP contribution in [-0.2, 0) is 4.74 Å². The first-order chi connectivity index (χ1) is 8.15. The van der Waals surface area contributed by atoms with E-state index in [2.05, 4.69) is 13.8 Å². The van der Waals surface area contributed by atoms with Gasteiger partial charge in [0.05, 0.1) is 0 Å². The zero-order chi connectivity index (χ0) is 12.4. The summed E-state index contributed by atoms with van der Waals surface area (Å²) in [6.07, 6.45) is 0.789. The van der Waals surface area contributed by atoms with E-state index in [4.69, 9.17) is 4.74 Å². The highest BCUT2D eigenvalue weighted by atomic mass is 16.5. The number of fused-ring (bicyclic) bond motifs is 1. The maximum Gasteiger partial charge on any atom is 0.256 e. The SMILES string of the molecule is CO[C@@H]1c2ccccc2C(=O)N1CCC(C)C. The maximum absolute atomic E-state index is 12.2. The fourth-order valence-corrected chi connectivity index (χ4v) is 2.21. The van der Waals surface area contributed by atoms with Crippen LogP contribution in [0.25, 0.3) is 0 Å². The first-order valence-corrected chi connectivity index (χ1v) is 6.08. The summed E-state index contributed by atoms with van der Waals surface area (Å²) >= 11 is 0. The van der Waals surface area contributed by atoms with Crippen molar-refractivity contribution in [1.29, 1.82) is 0 Å². The molecule has 1 aliphatic heterocycles. The predicted molar refractivity (Wildman–Crippen MR) is 66.7 cm³/mol. The molecule has 3 nitrogen and oxygen atoms in total. The molecule has 1 aromatic carbocycles. The second kappa shape index (κ2) is 4.88. The molecule has 0 N–H and O–H groups in total. The number of hydrogen-bond acceptors (Lipinski definition) is 2. The lowest BCUT2D eigenvalue weighted by Gasteiger charge is -2.24. The number of carbonyl (C=O) groups excluding carboxylic acids is 1. The Morgan fingerprint density at radius 3 is 2.71 bits per heavy atom. The first kappa shape index (κ1) is 12.1. The molecular weight excluding hydrogens is 214 g/mol. The summed E-state index contributed by atoms with van der Waals surface area (Å²) in [6.45, 7) is 5.08. The highest BCUT2D eigenvalue weighted by Gasteiger charge is 2.35. The van der Waals surface area contributed by atoms with E-state index in [9.17, 15) is 4.79 Å². The number of ether oxygens (including phenoxy) is 1. The van der Waals surface area contributed by atoms with Gasteiger partial charge in [-0.25, -0.2) is 0 Å². The Labute approximate surface area is 102 Å². The van der Waals surface area contributed by atoms with Crippen LogP contribution in [0.3, 0.4) is 0 Å². The van der Waals surface area contributed by atoms with Crippen molar-refractivity contribution >= 4 is 5.91 Å². The van der Waals surface area contributed by atoms with Gasteiger partial charge in [-0.1, -0.05) is 32.0 Å². The fourth-order valence-electron chi connectivity index (χ4n) is 2.21. The lowest BCUT2D eigenvalue weighted by Crippen LogP contribution is -2.30. The van der Waals surface area contributed by atoms with Crippen LogP contribution in [-0.4, -0.2) is 24.5 Å².